The summed E-state index contributed by atoms with van der Waals surface area (Å²) in [5, 5.41) is 2.72. The number of hydrogen-bond acceptors (Lipinski definition) is 4. The number of nitrogens with zero attached hydrogens (tertiary/aromatic N) is 1. The van der Waals surface area contributed by atoms with E-state index in [9.17, 15) is 13.2 Å². The minimum absolute atomic E-state index is 0.0677. The molecule has 0 unspecified atom stereocenters. The summed E-state index contributed by atoms with van der Waals surface area (Å²) in [6.07, 6.45) is 0.581. The van der Waals surface area contributed by atoms with Gasteiger partial charge in [-0.3, -0.25) is 4.79 Å². The average molecular weight is 396 g/mol. The molecule has 2 aromatic carbocycles. The molecule has 0 atom stereocenters. The number of carbonyl (C=O) groups excluding carboxylic acids is 1. The summed E-state index contributed by atoms with van der Waals surface area (Å²) in [6.45, 7) is 2.09. The Morgan fingerprint density at radius 2 is 1.85 bits per heavy atom. The number of halogens is 1. The molecule has 0 bridgehead atoms. The maximum atomic E-state index is 13.0. The van der Waals surface area contributed by atoms with E-state index in [0.717, 1.165) is 5.56 Å². The molecular weight excluding hydrogens is 374 g/mol. The highest BCUT2D eigenvalue weighted by Crippen LogP contribution is 2.27. The average Bonchev–Trinajstić information content (AvgIpc) is 2.60. The van der Waals surface area contributed by atoms with Crippen LogP contribution >= 0.6 is 11.6 Å². The fraction of sp³-hybridized carbons (Fsp3) is 0.278. The first-order valence-electron chi connectivity index (χ1n) is 8.16. The number of sulfonamides is 1. The lowest BCUT2D eigenvalue weighted by atomic mass is 10.1. The first-order valence-corrected chi connectivity index (χ1v) is 9.97. The van der Waals surface area contributed by atoms with Gasteiger partial charge < -0.3 is 11.1 Å². The van der Waals surface area contributed by atoms with E-state index in [1.54, 1.807) is 0 Å². The molecule has 0 aliphatic carbocycles. The fourth-order valence-corrected chi connectivity index (χ4v) is 4.27. The van der Waals surface area contributed by atoms with E-state index in [2.05, 4.69) is 5.32 Å². The van der Waals surface area contributed by atoms with Crippen molar-refractivity contribution in [3.8, 4) is 0 Å². The summed E-state index contributed by atoms with van der Waals surface area (Å²) in [5.74, 6) is -0.282. The molecule has 0 spiro atoms. The van der Waals surface area contributed by atoms with Crippen LogP contribution in [0.1, 0.15) is 12.5 Å². The van der Waals surface area contributed by atoms with Gasteiger partial charge in [-0.05, 0) is 30.2 Å². The van der Waals surface area contributed by atoms with Gasteiger partial charge in [-0.1, -0.05) is 41.9 Å². The zero-order valence-electron chi connectivity index (χ0n) is 14.5. The van der Waals surface area contributed by atoms with Gasteiger partial charge in [0.05, 0.1) is 15.6 Å². The molecule has 0 aromatic heterocycles. The van der Waals surface area contributed by atoms with Crippen molar-refractivity contribution < 1.29 is 13.2 Å². The van der Waals surface area contributed by atoms with Crippen molar-refractivity contribution in [2.75, 3.05) is 25.0 Å². The molecule has 6 nitrogen and oxygen atoms in total. The molecule has 1 amide bonds. The maximum absolute atomic E-state index is 13.0. The second-order valence-electron chi connectivity index (χ2n) is 5.75. The second kappa shape index (κ2) is 9.14. The third-order valence-electron chi connectivity index (χ3n) is 3.76. The summed E-state index contributed by atoms with van der Waals surface area (Å²) < 4.78 is 27.3. The predicted molar refractivity (Wildman–Crippen MR) is 104 cm³/mol. The van der Waals surface area contributed by atoms with E-state index in [4.69, 9.17) is 17.3 Å². The molecular formula is C18H22ClN3O3S. The molecule has 0 aliphatic rings. The number of nitrogens with one attached hydrogen (secondary N) is 1. The first kappa shape index (κ1) is 20.4. The minimum atomic E-state index is -3.74. The SMILES string of the molecule is CC(=O)Nc1ccc(S(=O)(=O)N(CCN)CCc2ccccc2)cc1Cl. The zero-order valence-corrected chi connectivity index (χ0v) is 16.1. The molecule has 0 saturated carbocycles. The van der Waals surface area contributed by atoms with Crippen molar-refractivity contribution in [3.63, 3.8) is 0 Å². The van der Waals surface area contributed by atoms with Crippen molar-refractivity contribution in [2.45, 2.75) is 18.2 Å². The zero-order chi connectivity index (χ0) is 19.2. The lowest BCUT2D eigenvalue weighted by Crippen LogP contribution is -2.37. The third kappa shape index (κ3) is 5.28. The van der Waals surface area contributed by atoms with Crippen molar-refractivity contribution in [1.82, 2.24) is 4.31 Å². The second-order valence-corrected chi connectivity index (χ2v) is 8.10. The van der Waals surface area contributed by atoms with E-state index in [1.807, 2.05) is 30.3 Å². The summed E-state index contributed by atoms with van der Waals surface area (Å²) in [4.78, 5) is 11.2. The van der Waals surface area contributed by atoms with Crippen LogP contribution in [-0.2, 0) is 21.2 Å². The number of anilines is 1. The number of hydrogen-bond donors (Lipinski definition) is 2. The van der Waals surface area contributed by atoms with Crippen LogP contribution in [0.25, 0.3) is 0 Å². The lowest BCUT2D eigenvalue weighted by molar-refractivity contribution is -0.114. The van der Waals surface area contributed by atoms with Crippen LogP contribution in [0.15, 0.2) is 53.4 Å². The Hall–Kier alpha value is -1.93. The predicted octanol–water partition coefficient (Wildman–Crippen LogP) is 2.49. The van der Waals surface area contributed by atoms with Gasteiger partial charge in [0.1, 0.15) is 0 Å². The van der Waals surface area contributed by atoms with Crippen LogP contribution < -0.4 is 11.1 Å². The minimum Gasteiger partial charge on any atom is -0.329 e. The van der Waals surface area contributed by atoms with Gasteiger partial charge in [0.2, 0.25) is 15.9 Å². The first-order chi connectivity index (χ1) is 12.3. The third-order valence-corrected chi connectivity index (χ3v) is 5.97. The van der Waals surface area contributed by atoms with Gasteiger partial charge in [-0.25, -0.2) is 8.42 Å². The molecule has 2 rings (SSSR count). The van der Waals surface area contributed by atoms with Crippen LogP contribution in [0, 0.1) is 0 Å². The highest BCUT2D eigenvalue weighted by atomic mass is 35.5. The van der Waals surface area contributed by atoms with Gasteiger partial charge in [0.25, 0.3) is 0 Å². The standard InChI is InChI=1S/C18H22ClN3O3S/c1-14(23)21-18-8-7-16(13-17(18)19)26(24,25)22(12-10-20)11-9-15-5-3-2-4-6-15/h2-8,13H,9-12,20H2,1H3,(H,21,23). The number of nitrogens with two attached hydrogens (primary N) is 1. The van der Waals surface area contributed by atoms with Gasteiger partial charge in [0.15, 0.2) is 0 Å². The van der Waals surface area contributed by atoms with E-state index >= 15 is 0 Å². The Morgan fingerprint density at radius 1 is 1.15 bits per heavy atom. The Balaban J connectivity index is 2.23. The smallest absolute Gasteiger partial charge is 0.243 e. The van der Waals surface area contributed by atoms with Crippen molar-refractivity contribution in [1.29, 1.82) is 0 Å². The Morgan fingerprint density at radius 3 is 2.42 bits per heavy atom. The van der Waals surface area contributed by atoms with E-state index in [-0.39, 0.29) is 28.9 Å². The van der Waals surface area contributed by atoms with Crippen LogP contribution in [0.3, 0.4) is 0 Å². The van der Waals surface area contributed by atoms with Gasteiger partial charge >= 0.3 is 0 Å². The molecule has 0 aliphatic heterocycles. The van der Waals surface area contributed by atoms with Gasteiger partial charge in [-0.15, -0.1) is 0 Å². The Bertz CT molecular complexity index is 857. The van der Waals surface area contributed by atoms with Crippen molar-refractivity contribution >= 4 is 33.2 Å². The summed E-state index contributed by atoms with van der Waals surface area (Å²) in [7, 11) is -3.74. The number of carbonyl (C=O) groups is 1. The molecule has 3 N–H and O–H groups in total. The molecule has 0 heterocycles. The fourth-order valence-electron chi connectivity index (χ4n) is 2.49. The number of benzene rings is 2. The summed E-state index contributed by atoms with van der Waals surface area (Å²) in [6, 6.07) is 13.9. The molecule has 2 aromatic rings. The number of amides is 1. The van der Waals surface area contributed by atoms with Gasteiger partial charge in [-0.2, -0.15) is 4.31 Å². The Kier molecular flexibility index (Phi) is 7.16. The van der Waals surface area contributed by atoms with Crippen LogP contribution in [0.2, 0.25) is 5.02 Å². The van der Waals surface area contributed by atoms with Gasteiger partial charge in [0, 0.05) is 26.6 Å². The monoisotopic (exact) mass is 395 g/mol. The van der Waals surface area contributed by atoms with Crippen LogP contribution in [-0.4, -0.2) is 38.3 Å². The molecule has 26 heavy (non-hydrogen) atoms. The maximum Gasteiger partial charge on any atom is 0.243 e. The normalized spacial score (nSPS) is 11.5. The quantitative estimate of drug-likeness (QED) is 0.718. The van der Waals surface area contributed by atoms with Crippen molar-refractivity contribution in [2.24, 2.45) is 5.73 Å². The van der Waals surface area contributed by atoms with E-state index in [1.165, 1.54) is 29.4 Å². The molecule has 0 fully saturated rings. The largest absolute Gasteiger partial charge is 0.329 e. The molecule has 0 saturated heterocycles. The summed E-state index contributed by atoms with van der Waals surface area (Å²) in [5.41, 5.74) is 7.02. The summed E-state index contributed by atoms with van der Waals surface area (Å²) >= 11 is 6.11. The van der Waals surface area contributed by atoms with E-state index in [0.29, 0.717) is 18.7 Å². The van der Waals surface area contributed by atoms with E-state index < -0.39 is 10.0 Å². The molecule has 8 heteroatoms. The van der Waals surface area contributed by atoms with Crippen molar-refractivity contribution in [3.05, 3.63) is 59.1 Å². The Labute approximate surface area is 159 Å². The topological polar surface area (TPSA) is 92.5 Å². The van der Waals surface area contributed by atoms with Crippen LogP contribution in [0.4, 0.5) is 5.69 Å². The molecule has 140 valence electrons. The van der Waals surface area contributed by atoms with Crippen LogP contribution in [0.5, 0.6) is 0 Å². The lowest BCUT2D eigenvalue weighted by Gasteiger charge is -2.22. The molecule has 0 radical (unpaired) electrons. The highest BCUT2D eigenvalue weighted by molar-refractivity contribution is 7.89. The number of rotatable bonds is 8. The highest BCUT2D eigenvalue weighted by Gasteiger charge is 2.24.